The van der Waals surface area contributed by atoms with E-state index in [0.717, 1.165) is 24.8 Å². The summed E-state index contributed by atoms with van der Waals surface area (Å²) >= 11 is 0. The predicted octanol–water partition coefficient (Wildman–Crippen LogP) is 3.08. The number of H-pyrrole nitrogens is 1. The molecule has 0 radical (unpaired) electrons. The van der Waals surface area contributed by atoms with Gasteiger partial charge in [-0.1, -0.05) is 31.9 Å². The molecule has 7 heteroatoms. The van der Waals surface area contributed by atoms with Crippen LogP contribution < -0.4 is 15.9 Å². The number of nitrogens with one attached hydrogen (secondary N) is 2. The zero-order valence-corrected chi connectivity index (χ0v) is 14.5. The largest absolute Gasteiger partial charge is 0.353 e. The predicted molar refractivity (Wildman–Crippen MR) is 96.3 cm³/mol. The molecule has 1 aromatic heterocycles. The summed E-state index contributed by atoms with van der Waals surface area (Å²) in [6.45, 7) is 3.30. The molecule has 1 aliphatic rings. The van der Waals surface area contributed by atoms with E-state index < -0.39 is 5.69 Å². The first-order chi connectivity index (χ1) is 12.1. The van der Waals surface area contributed by atoms with Crippen LogP contribution in [-0.2, 0) is 6.54 Å². The Morgan fingerprint density at radius 3 is 2.64 bits per heavy atom. The zero-order valence-electron chi connectivity index (χ0n) is 14.5. The summed E-state index contributed by atoms with van der Waals surface area (Å²) < 4.78 is 13.1. The van der Waals surface area contributed by atoms with E-state index in [1.165, 1.54) is 25.0 Å². The van der Waals surface area contributed by atoms with Crippen molar-refractivity contribution in [3.8, 4) is 0 Å². The first kappa shape index (κ1) is 17.4. The molecule has 0 atom stereocenters. The molecule has 1 aliphatic carbocycles. The second-order valence-electron chi connectivity index (χ2n) is 6.48. The van der Waals surface area contributed by atoms with Crippen LogP contribution in [0.5, 0.6) is 0 Å². The van der Waals surface area contributed by atoms with Crippen molar-refractivity contribution in [3.63, 3.8) is 0 Å². The molecule has 25 heavy (non-hydrogen) atoms. The summed E-state index contributed by atoms with van der Waals surface area (Å²) in [6.07, 6.45) is 5.48. The highest BCUT2D eigenvalue weighted by Crippen LogP contribution is 2.21. The van der Waals surface area contributed by atoms with E-state index in [-0.39, 0.29) is 5.82 Å². The lowest BCUT2D eigenvalue weighted by Crippen LogP contribution is -2.30. The summed E-state index contributed by atoms with van der Waals surface area (Å²) in [5.41, 5.74) is 0.537. The van der Waals surface area contributed by atoms with Crippen LogP contribution in [0.3, 0.4) is 0 Å². The molecule has 0 spiro atoms. The zero-order chi connectivity index (χ0) is 17.6. The number of hydrogen-bond acceptors (Lipinski definition) is 5. The van der Waals surface area contributed by atoms with Crippen LogP contribution in [0.25, 0.3) is 0 Å². The maximum Gasteiger partial charge on any atom is 0.350 e. The van der Waals surface area contributed by atoms with Gasteiger partial charge in [-0.05, 0) is 37.0 Å². The van der Waals surface area contributed by atoms with Crippen molar-refractivity contribution in [3.05, 3.63) is 46.1 Å². The maximum atomic E-state index is 13.1. The van der Waals surface area contributed by atoms with Crippen LogP contribution in [0.4, 0.5) is 16.3 Å². The molecule has 0 aliphatic heterocycles. The third-order valence-corrected chi connectivity index (χ3v) is 4.40. The third kappa shape index (κ3) is 4.78. The van der Waals surface area contributed by atoms with Crippen LogP contribution >= 0.6 is 0 Å². The highest BCUT2D eigenvalue weighted by Gasteiger charge is 2.17. The molecule has 0 amide bonds. The lowest BCUT2D eigenvalue weighted by Gasteiger charge is -2.22. The van der Waals surface area contributed by atoms with Gasteiger partial charge >= 0.3 is 5.69 Å². The first-order valence-corrected chi connectivity index (χ1v) is 8.88. The molecule has 2 aromatic rings. The number of hydrogen-bond donors (Lipinski definition) is 2. The highest BCUT2D eigenvalue weighted by molar-refractivity contribution is 5.37. The van der Waals surface area contributed by atoms with E-state index in [1.807, 2.05) is 4.90 Å². The van der Waals surface area contributed by atoms with Gasteiger partial charge in [0.2, 0.25) is 11.9 Å². The van der Waals surface area contributed by atoms with Gasteiger partial charge in [0.05, 0.1) is 0 Å². The monoisotopic (exact) mass is 345 g/mol. The van der Waals surface area contributed by atoms with Crippen molar-refractivity contribution >= 4 is 11.9 Å². The van der Waals surface area contributed by atoms with Gasteiger partial charge in [-0.25, -0.2) is 9.18 Å². The van der Waals surface area contributed by atoms with Crippen molar-refractivity contribution in [2.45, 2.75) is 51.6 Å². The van der Waals surface area contributed by atoms with Crippen molar-refractivity contribution in [2.75, 3.05) is 16.8 Å². The van der Waals surface area contributed by atoms with E-state index >= 15 is 0 Å². The van der Waals surface area contributed by atoms with Crippen LogP contribution in [0.1, 0.15) is 44.6 Å². The highest BCUT2D eigenvalue weighted by atomic mass is 19.1. The maximum absolute atomic E-state index is 13.1. The van der Waals surface area contributed by atoms with E-state index in [4.69, 9.17) is 0 Å². The molecule has 3 rings (SSSR count). The molecule has 0 saturated heterocycles. The van der Waals surface area contributed by atoms with Gasteiger partial charge in [0.15, 0.2) is 0 Å². The van der Waals surface area contributed by atoms with Crippen molar-refractivity contribution in [1.29, 1.82) is 0 Å². The van der Waals surface area contributed by atoms with Gasteiger partial charge in [0.1, 0.15) is 5.82 Å². The second-order valence-corrected chi connectivity index (χ2v) is 6.48. The summed E-state index contributed by atoms with van der Waals surface area (Å²) in [5, 5.41) is 3.31. The smallest absolute Gasteiger partial charge is 0.350 e. The van der Waals surface area contributed by atoms with Crippen molar-refractivity contribution in [2.24, 2.45) is 0 Å². The first-order valence-electron chi connectivity index (χ1n) is 8.88. The molecule has 0 unspecified atom stereocenters. The number of aromatic amines is 1. The van der Waals surface area contributed by atoms with Gasteiger partial charge in [0.25, 0.3) is 0 Å². The van der Waals surface area contributed by atoms with E-state index in [1.54, 1.807) is 12.1 Å². The number of anilines is 2. The second kappa shape index (κ2) is 8.09. The minimum Gasteiger partial charge on any atom is -0.353 e. The SMILES string of the molecule is CCCN(Cc1ccc(F)cc1)c1nc(NC2CCCC2)[nH]c(=O)n1. The summed E-state index contributed by atoms with van der Waals surface area (Å²) in [5.74, 6) is 0.610. The van der Waals surface area contributed by atoms with Crippen LogP contribution in [0, 0.1) is 5.82 Å². The molecule has 1 heterocycles. The van der Waals surface area contributed by atoms with E-state index in [2.05, 4.69) is 27.2 Å². The Morgan fingerprint density at radius 2 is 1.96 bits per heavy atom. The molecule has 6 nitrogen and oxygen atoms in total. The lowest BCUT2D eigenvalue weighted by atomic mass is 10.2. The van der Waals surface area contributed by atoms with Crippen LogP contribution in [0.15, 0.2) is 29.1 Å². The lowest BCUT2D eigenvalue weighted by molar-refractivity contribution is 0.626. The van der Waals surface area contributed by atoms with E-state index in [9.17, 15) is 9.18 Å². The Kier molecular flexibility index (Phi) is 5.63. The Labute approximate surface area is 146 Å². The average molecular weight is 345 g/mol. The molecular weight excluding hydrogens is 321 g/mol. The number of aromatic nitrogens is 3. The normalized spacial score (nSPS) is 14.6. The molecule has 0 bridgehead atoms. The van der Waals surface area contributed by atoms with Gasteiger partial charge in [-0.2, -0.15) is 9.97 Å². The average Bonchev–Trinajstić information content (AvgIpc) is 3.09. The number of halogens is 1. The summed E-state index contributed by atoms with van der Waals surface area (Å²) in [4.78, 5) is 25.1. The standard InChI is InChI=1S/C18H24FN5O/c1-2-11-24(12-13-7-9-14(19)10-8-13)17-21-16(22-18(25)23-17)20-15-5-3-4-6-15/h7-10,15H,2-6,11-12H2,1H3,(H2,20,21,22,23,25). The molecule has 1 saturated carbocycles. The fourth-order valence-corrected chi connectivity index (χ4v) is 3.18. The van der Waals surface area contributed by atoms with Crippen LogP contribution in [-0.4, -0.2) is 27.5 Å². The molecule has 1 aromatic carbocycles. The minimum atomic E-state index is -0.411. The van der Waals surface area contributed by atoms with Crippen molar-refractivity contribution in [1.82, 2.24) is 15.0 Å². The fraction of sp³-hybridized carbons (Fsp3) is 0.500. The summed E-state index contributed by atoms with van der Waals surface area (Å²) in [7, 11) is 0. The topological polar surface area (TPSA) is 73.9 Å². The Bertz CT molecular complexity index is 740. The molecular formula is C18H24FN5O. The Hall–Kier alpha value is -2.44. The number of benzene rings is 1. The van der Waals surface area contributed by atoms with Crippen molar-refractivity contribution < 1.29 is 4.39 Å². The summed E-state index contributed by atoms with van der Waals surface area (Å²) in [6, 6.07) is 6.71. The Morgan fingerprint density at radius 1 is 1.24 bits per heavy atom. The molecule has 1 fully saturated rings. The fourth-order valence-electron chi connectivity index (χ4n) is 3.18. The van der Waals surface area contributed by atoms with Gasteiger partial charge in [-0.15, -0.1) is 0 Å². The molecule has 134 valence electrons. The van der Waals surface area contributed by atoms with Crippen LogP contribution in [0.2, 0.25) is 0 Å². The molecule has 2 N–H and O–H groups in total. The third-order valence-electron chi connectivity index (χ3n) is 4.40. The number of rotatable bonds is 7. The van der Waals surface area contributed by atoms with Gasteiger partial charge in [0, 0.05) is 19.1 Å². The quantitative estimate of drug-likeness (QED) is 0.807. The van der Waals surface area contributed by atoms with Gasteiger partial charge < -0.3 is 10.2 Å². The Balaban J connectivity index is 1.80. The van der Waals surface area contributed by atoms with E-state index in [0.29, 0.717) is 31.0 Å². The minimum absolute atomic E-state index is 0.263. The number of nitrogens with zero attached hydrogens (tertiary/aromatic N) is 3. The van der Waals surface area contributed by atoms with Gasteiger partial charge in [-0.3, -0.25) is 4.98 Å².